The van der Waals surface area contributed by atoms with Gasteiger partial charge in [-0.1, -0.05) is 12.1 Å². The molecule has 0 spiro atoms. The van der Waals surface area contributed by atoms with Crippen LogP contribution < -0.4 is 16.6 Å². The van der Waals surface area contributed by atoms with E-state index in [1.165, 1.54) is 6.26 Å². The fourth-order valence-electron chi connectivity index (χ4n) is 1.98. The van der Waals surface area contributed by atoms with Crippen LogP contribution in [0.15, 0.2) is 24.3 Å². The fourth-order valence-corrected chi connectivity index (χ4v) is 2.97. The maximum Gasteiger partial charge on any atom is 0.239 e. The number of fused-ring (bicyclic) bond motifs is 1. The van der Waals surface area contributed by atoms with Crippen LogP contribution in [-0.2, 0) is 9.84 Å². The molecule has 0 amide bonds. The lowest BCUT2D eigenvalue weighted by atomic mass is 10.2. The second-order valence-corrected chi connectivity index (χ2v) is 6.88. The smallest absolute Gasteiger partial charge is 0.239 e. The Balaban J connectivity index is 2.37. The monoisotopic (exact) mass is 295 g/mol. The number of nitrogens with zero attached hydrogens (tertiary/aromatic N) is 2. The van der Waals surface area contributed by atoms with Gasteiger partial charge in [-0.05, 0) is 19.1 Å². The summed E-state index contributed by atoms with van der Waals surface area (Å²) in [6, 6.07) is 7.16. The minimum atomic E-state index is -3.06. The van der Waals surface area contributed by atoms with Crippen LogP contribution in [0.4, 0.5) is 11.8 Å². The summed E-state index contributed by atoms with van der Waals surface area (Å²) >= 11 is 0. The SMILES string of the molecule is CC(CS(C)(=O)=O)Nc1nc(NN)nc2ccccc12. The molecule has 0 fully saturated rings. The van der Waals surface area contributed by atoms with Crippen molar-refractivity contribution in [2.45, 2.75) is 13.0 Å². The lowest BCUT2D eigenvalue weighted by Gasteiger charge is -2.15. The first-order valence-corrected chi connectivity index (χ1v) is 8.13. The maximum absolute atomic E-state index is 11.3. The van der Waals surface area contributed by atoms with Crippen molar-refractivity contribution < 1.29 is 8.42 Å². The first-order chi connectivity index (χ1) is 9.39. The molecular weight excluding hydrogens is 278 g/mol. The van der Waals surface area contributed by atoms with E-state index in [0.717, 1.165) is 10.9 Å². The van der Waals surface area contributed by atoms with Crippen molar-refractivity contribution >= 4 is 32.5 Å². The Kier molecular flexibility index (Phi) is 4.05. The quantitative estimate of drug-likeness (QED) is 0.551. The second kappa shape index (κ2) is 5.59. The third kappa shape index (κ3) is 3.55. The van der Waals surface area contributed by atoms with Crippen molar-refractivity contribution in [1.82, 2.24) is 9.97 Å². The molecule has 0 radical (unpaired) electrons. The molecule has 8 heteroatoms. The Morgan fingerprint density at radius 3 is 2.65 bits per heavy atom. The number of hydrazine groups is 1. The van der Waals surface area contributed by atoms with Crippen molar-refractivity contribution in [3.8, 4) is 0 Å². The highest BCUT2D eigenvalue weighted by Crippen LogP contribution is 2.22. The Labute approximate surface area is 117 Å². The number of nitrogens with one attached hydrogen (secondary N) is 2. The van der Waals surface area contributed by atoms with Crippen LogP contribution in [0, 0.1) is 0 Å². The highest BCUT2D eigenvalue weighted by molar-refractivity contribution is 7.90. The molecule has 2 rings (SSSR count). The van der Waals surface area contributed by atoms with Crippen molar-refractivity contribution in [3.63, 3.8) is 0 Å². The minimum absolute atomic E-state index is 0.0245. The van der Waals surface area contributed by atoms with E-state index >= 15 is 0 Å². The molecule has 0 aliphatic heterocycles. The molecule has 20 heavy (non-hydrogen) atoms. The first-order valence-electron chi connectivity index (χ1n) is 6.06. The molecule has 0 aliphatic rings. The Morgan fingerprint density at radius 2 is 2.00 bits per heavy atom. The van der Waals surface area contributed by atoms with Gasteiger partial charge in [0.05, 0.1) is 11.3 Å². The summed E-state index contributed by atoms with van der Waals surface area (Å²) in [4.78, 5) is 8.47. The van der Waals surface area contributed by atoms with E-state index in [0.29, 0.717) is 5.82 Å². The highest BCUT2D eigenvalue weighted by Gasteiger charge is 2.13. The molecule has 2 aromatic rings. The van der Waals surface area contributed by atoms with Gasteiger partial charge < -0.3 is 5.32 Å². The topological polar surface area (TPSA) is 110 Å². The van der Waals surface area contributed by atoms with Crippen LogP contribution in [0.1, 0.15) is 6.92 Å². The summed E-state index contributed by atoms with van der Waals surface area (Å²) in [5.74, 6) is 6.20. The number of hydrogen-bond donors (Lipinski definition) is 3. The standard InChI is InChI=1S/C12H17N5O2S/c1-8(7-20(2,18)19)14-11-9-5-3-4-6-10(9)15-12(16-11)17-13/h3-6,8H,7,13H2,1-2H3,(H2,14,15,16,17). The predicted molar refractivity (Wildman–Crippen MR) is 80.1 cm³/mol. The largest absolute Gasteiger partial charge is 0.366 e. The van der Waals surface area contributed by atoms with Gasteiger partial charge >= 0.3 is 0 Å². The highest BCUT2D eigenvalue weighted by atomic mass is 32.2. The first kappa shape index (κ1) is 14.5. The third-order valence-corrected chi connectivity index (χ3v) is 3.77. The molecule has 0 saturated heterocycles. The van der Waals surface area contributed by atoms with Crippen LogP contribution in [0.25, 0.3) is 10.9 Å². The summed E-state index contributed by atoms with van der Waals surface area (Å²) in [6.07, 6.45) is 1.20. The summed E-state index contributed by atoms with van der Waals surface area (Å²) in [7, 11) is -3.06. The minimum Gasteiger partial charge on any atom is -0.366 e. The van der Waals surface area contributed by atoms with Crippen LogP contribution in [-0.4, -0.2) is 36.4 Å². The van der Waals surface area contributed by atoms with E-state index < -0.39 is 9.84 Å². The predicted octanol–water partition coefficient (Wildman–Crippen LogP) is 0.760. The van der Waals surface area contributed by atoms with Crippen molar-refractivity contribution in [1.29, 1.82) is 0 Å². The molecule has 1 atom stereocenters. The summed E-state index contributed by atoms with van der Waals surface area (Å²) in [5, 5.41) is 3.90. The molecule has 1 aromatic heterocycles. The zero-order chi connectivity index (χ0) is 14.8. The van der Waals surface area contributed by atoms with Crippen molar-refractivity contribution in [2.75, 3.05) is 22.8 Å². The number of nitrogen functional groups attached to an aromatic ring is 1. The van der Waals surface area contributed by atoms with Gasteiger partial charge in [-0.15, -0.1) is 0 Å². The van der Waals surface area contributed by atoms with E-state index in [9.17, 15) is 8.42 Å². The van der Waals surface area contributed by atoms with Gasteiger partial charge in [0.25, 0.3) is 0 Å². The summed E-state index contributed by atoms with van der Waals surface area (Å²) in [6.45, 7) is 1.79. The number of para-hydroxylation sites is 1. The maximum atomic E-state index is 11.3. The van der Waals surface area contributed by atoms with E-state index in [-0.39, 0.29) is 17.7 Å². The van der Waals surface area contributed by atoms with Crippen LogP contribution >= 0.6 is 0 Å². The molecule has 0 aliphatic carbocycles. The number of aromatic nitrogens is 2. The average Bonchev–Trinajstić information content (AvgIpc) is 2.36. The van der Waals surface area contributed by atoms with Crippen molar-refractivity contribution in [2.24, 2.45) is 5.84 Å². The Morgan fingerprint density at radius 1 is 1.30 bits per heavy atom. The number of sulfone groups is 1. The van der Waals surface area contributed by atoms with E-state index in [1.807, 2.05) is 24.3 Å². The number of benzene rings is 1. The van der Waals surface area contributed by atoms with Crippen LogP contribution in [0.3, 0.4) is 0 Å². The summed E-state index contributed by atoms with van der Waals surface area (Å²) < 4.78 is 22.6. The van der Waals surface area contributed by atoms with Crippen LogP contribution in [0.5, 0.6) is 0 Å². The number of anilines is 2. The molecular formula is C12H17N5O2S. The van der Waals surface area contributed by atoms with Gasteiger partial charge in [0.2, 0.25) is 5.95 Å². The van der Waals surface area contributed by atoms with Gasteiger partial charge in [-0.25, -0.2) is 19.2 Å². The van der Waals surface area contributed by atoms with Crippen molar-refractivity contribution in [3.05, 3.63) is 24.3 Å². The molecule has 108 valence electrons. The Hall–Kier alpha value is -1.93. The third-order valence-electron chi connectivity index (χ3n) is 2.67. The van der Waals surface area contributed by atoms with Gasteiger partial charge in [0.15, 0.2) is 0 Å². The molecule has 0 bridgehead atoms. The van der Waals surface area contributed by atoms with E-state index in [2.05, 4.69) is 20.7 Å². The number of nitrogens with two attached hydrogens (primary N) is 1. The zero-order valence-electron chi connectivity index (χ0n) is 11.3. The molecule has 4 N–H and O–H groups in total. The summed E-state index contributed by atoms with van der Waals surface area (Å²) in [5.41, 5.74) is 3.13. The Bertz CT molecular complexity index is 717. The fraction of sp³-hybridized carbons (Fsp3) is 0.333. The second-order valence-electron chi connectivity index (χ2n) is 4.70. The molecule has 1 unspecified atom stereocenters. The van der Waals surface area contributed by atoms with Gasteiger partial charge in [-0.2, -0.15) is 4.98 Å². The number of hydrogen-bond acceptors (Lipinski definition) is 7. The zero-order valence-corrected chi connectivity index (χ0v) is 12.1. The van der Waals surface area contributed by atoms with Gasteiger partial charge in [0, 0.05) is 17.7 Å². The van der Waals surface area contributed by atoms with Gasteiger partial charge in [-0.3, -0.25) is 5.43 Å². The molecule has 1 aromatic carbocycles. The average molecular weight is 295 g/mol. The van der Waals surface area contributed by atoms with Crippen LogP contribution in [0.2, 0.25) is 0 Å². The normalized spacial score (nSPS) is 13.2. The molecule has 7 nitrogen and oxygen atoms in total. The lowest BCUT2D eigenvalue weighted by molar-refractivity contribution is 0.598. The van der Waals surface area contributed by atoms with E-state index in [4.69, 9.17) is 5.84 Å². The van der Waals surface area contributed by atoms with E-state index in [1.54, 1.807) is 6.92 Å². The lowest BCUT2D eigenvalue weighted by Crippen LogP contribution is -2.26. The number of rotatable bonds is 5. The molecule has 1 heterocycles. The molecule has 0 saturated carbocycles. The van der Waals surface area contributed by atoms with Gasteiger partial charge in [0.1, 0.15) is 15.7 Å².